The molecule has 15 heavy (non-hydrogen) atoms. The van der Waals surface area contributed by atoms with Crippen molar-refractivity contribution in [2.45, 2.75) is 51.9 Å². The lowest BCUT2D eigenvalue weighted by Crippen LogP contribution is -2.15. The molecule has 1 aliphatic rings. The topological polar surface area (TPSA) is 26.0 Å². The minimum Gasteiger partial charge on any atom is -0.399 e. The third-order valence-electron chi connectivity index (χ3n) is 3.26. The highest BCUT2D eigenvalue weighted by atomic mass is 14.6. The first-order valence-electron chi connectivity index (χ1n) is 5.80. The van der Waals surface area contributed by atoms with Crippen molar-refractivity contribution in [1.29, 1.82) is 0 Å². The summed E-state index contributed by atoms with van der Waals surface area (Å²) in [5.41, 5.74) is 11.4. The van der Waals surface area contributed by atoms with Crippen molar-refractivity contribution in [2.75, 3.05) is 5.73 Å². The Balaban J connectivity index is 2.55. The number of aryl methyl sites for hydroxylation is 1. The number of nitrogens with two attached hydrogens (primary N) is 1. The van der Waals surface area contributed by atoms with E-state index in [1.165, 1.54) is 29.5 Å². The van der Waals surface area contributed by atoms with Gasteiger partial charge in [-0.3, -0.25) is 0 Å². The average Bonchev–Trinajstić information content (AvgIpc) is 2.89. The molecule has 1 nitrogen and oxygen atoms in total. The van der Waals surface area contributed by atoms with E-state index in [1.807, 2.05) is 0 Å². The van der Waals surface area contributed by atoms with Gasteiger partial charge in [-0.1, -0.05) is 26.8 Å². The van der Waals surface area contributed by atoms with E-state index in [2.05, 4.69) is 39.8 Å². The van der Waals surface area contributed by atoms with Crippen molar-refractivity contribution in [3.8, 4) is 0 Å². The molecular formula is C14H21N. The first kappa shape index (κ1) is 10.5. The van der Waals surface area contributed by atoms with Crippen LogP contribution in [0.15, 0.2) is 12.1 Å². The van der Waals surface area contributed by atoms with Gasteiger partial charge in [0.2, 0.25) is 0 Å². The fourth-order valence-electron chi connectivity index (χ4n) is 2.13. The Bertz CT molecular complexity index is 381. The molecule has 0 radical (unpaired) electrons. The van der Waals surface area contributed by atoms with Gasteiger partial charge < -0.3 is 5.73 Å². The SMILES string of the molecule is Cc1cc(C2CC2)c(C(C)(C)C)cc1N. The van der Waals surface area contributed by atoms with Crippen molar-refractivity contribution in [2.24, 2.45) is 0 Å². The zero-order valence-corrected chi connectivity index (χ0v) is 10.2. The zero-order chi connectivity index (χ0) is 11.2. The molecular weight excluding hydrogens is 182 g/mol. The average molecular weight is 203 g/mol. The van der Waals surface area contributed by atoms with E-state index in [4.69, 9.17) is 5.73 Å². The molecule has 0 unspecified atom stereocenters. The van der Waals surface area contributed by atoms with E-state index < -0.39 is 0 Å². The predicted molar refractivity (Wildman–Crippen MR) is 66.3 cm³/mol. The fourth-order valence-corrected chi connectivity index (χ4v) is 2.13. The highest BCUT2D eigenvalue weighted by Gasteiger charge is 2.30. The molecule has 0 heterocycles. The molecule has 1 aromatic rings. The summed E-state index contributed by atoms with van der Waals surface area (Å²) < 4.78 is 0. The maximum absolute atomic E-state index is 6.01. The second-order valence-electron chi connectivity index (χ2n) is 5.82. The number of rotatable bonds is 1. The lowest BCUT2D eigenvalue weighted by Gasteiger charge is -2.24. The van der Waals surface area contributed by atoms with Crippen LogP contribution in [0, 0.1) is 6.92 Å². The Morgan fingerprint density at radius 3 is 2.27 bits per heavy atom. The number of nitrogen functional groups attached to an aromatic ring is 1. The molecule has 0 aromatic heterocycles. The van der Waals surface area contributed by atoms with Crippen molar-refractivity contribution in [3.63, 3.8) is 0 Å². The number of anilines is 1. The van der Waals surface area contributed by atoms with Gasteiger partial charge in [-0.25, -0.2) is 0 Å². The summed E-state index contributed by atoms with van der Waals surface area (Å²) in [6.07, 6.45) is 2.71. The van der Waals surface area contributed by atoms with Gasteiger partial charge in [-0.15, -0.1) is 0 Å². The van der Waals surface area contributed by atoms with Crippen molar-refractivity contribution in [3.05, 3.63) is 28.8 Å². The van der Waals surface area contributed by atoms with Crippen LogP contribution in [0.2, 0.25) is 0 Å². The third kappa shape index (κ3) is 2.01. The first-order chi connectivity index (χ1) is 6.89. The molecule has 0 bridgehead atoms. The number of hydrogen-bond donors (Lipinski definition) is 1. The van der Waals surface area contributed by atoms with E-state index in [0.29, 0.717) is 0 Å². The molecule has 1 saturated carbocycles. The summed E-state index contributed by atoms with van der Waals surface area (Å²) in [7, 11) is 0. The van der Waals surface area contributed by atoms with E-state index >= 15 is 0 Å². The molecule has 0 amide bonds. The van der Waals surface area contributed by atoms with E-state index in [-0.39, 0.29) is 5.41 Å². The zero-order valence-electron chi connectivity index (χ0n) is 10.2. The van der Waals surface area contributed by atoms with Crippen LogP contribution in [0.4, 0.5) is 5.69 Å². The summed E-state index contributed by atoms with van der Waals surface area (Å²) in [4.78, 5) is 0. The molecule has 0 atom stereocenters. The molecule has 82 valence electrons. The Hall–Kier alpha value is -0.980. The van der Waals surface area contributed by atoms with Crippen LogP contribution in [0.25, 0.3) is 0 Å². The van der Waals surface area contributed by atoms with Crippen LogP contribution in [0.3, 0.4) is 0 Å². The fraction of sp³-hybridized carbons (Fsp3) is 0.571. The van der Waals surface area contributed by atoms with Crippen LogP contribution in [0.1, 0.15) is 56.2 Å². The summed E-state index contributed by atoms with van der Waals surface area (Å²) in [5, 5.41) is 0. The van der Waals surface area contributed by atoms with Gasteiger partial charge in [0, 0.05) is 5.69 Å². The van der Waals surface area contributed by atoms with E-state index in [9.17, 15) is 0 Å². The van der Waals surface area contributed by atoms with Gasteiger partial charge >= 0.3 is 0 Å². The number of hydrogen-bond acceptors (Lipinski definition) is 1. The standard InChI is InChI=1S/C14H21N/c1-9-7-11(10-5-6-10)12(8-13(9)15)14(2,3)4/h7-8,10H,5-6,15H2,1-4H3. The predicted octanol–water partition coefficient (Wildman–Crippen LogP) is 3.75. The Morgan fingerprint density at radius 2 is 1.80 bits per heavy atom. The molecule has 1 fully saturated rings. The Morgan fingerprint density at radius 1 is 1.20 bits per heavy atom. The Kier molecular flexibility index (Phi) is 2.29. The van der Waals surface area contributed by atoms with Gasteiger partial charge in [-0.05, 0) is 53.9 Å². The smallest absolute Gasteiger partial charge is 0.0346 e. The van der Waals surface area contributed by atoms with Crippen LogP contribution in [-0.2, 0) is 5.41 Å². The van der Waals surface area contributed by atoms with Crippen molar-refractivity contribution >= 4 is 5.69 Å². The highest BCUT2D eigenvalue weighted by molar-refractivity contribution is 5.54. The quantitative estimate of drug-likeness (QED) is 0.691. The normalized spacial score (nSPS) is 16.8. The van der Waals surface area contributed by atoms with E-state index in [0.717, 1.165) is 11.6 Å². The highest BCUT2D eigenvalue weighted by Crippen LogP contribution is 2.45. The lowest BCUT2D eigenvalue weighted by atomic mass is 9.81. The molecule has 1 heteroatoms. The largest absolute Gasteiger partial charge is 0.399 e. The third-order valence-corrected chi connectivity index (χ3v) is 3.26. The molecule has 0 aliphatic heterocycles. The maximum Gasteiger partial charge on any atom is 0.0346 e. The molecule has 1 aliphatic carbocycles. The molecule has 0 spiro atoms. The van der Waals surface area contributed by atoms with Crippen LogP contribution >= 0.6 is 0 Å². The number of benzene rings is 1. The molecule has 2 N–H and O–H groups in total. The molecule has 2 rings (SSSR count). The van der Waals surface area contributed by atoms with Crippen molar-refractivity contribution in [1.82, 2.24) is 0 Å². The molecule has 0 saturated heterocycles. The summed E-state index contributed by atoms with van der Waals surface area (Å²) >= 11 is 0. The Labute approximate surface area is 92.7 Å². The molecule has 1 aromatic carbocycles. The van der Waals surface area contributed by atoms with Crippen LogP contribution in [0.5, 0.6) is 0 Å². The van der Waals surface area contributed by atoms with Crippen molar-refractivity contribution < 1.29 is 0 Å². The van der Waals surface area contributed by atoms with Gasteiger partial charge in [0.15, 0.2) is 0 Å². The summed E-state index contributed by atoms with van der Waals surface area (Å²) in [5.74, 6) is 0.804. The first-order valence-corrected chi connectivity index (χ1v) is 5.80. The maximum atomic E-state index is 6.01. The van der Waals surface area contributed by atoms with Crippen LogP contribution < -0.4 is 5.73 Å². The monoisotopic (exact) mass is 203 g/mol. The summed E-state index contributed by atoms with van der Waals surface area (Å²) in [6, 6.07) is 4.48. The van der Waals surface area contributed by atoms with Gasteiger partial charge in [0.1, 0.15) is 0 Å². The minimum atomic E-state index is 0.208. The van der Waals surface area contributed by atoms with Gasteiger partial charge in [0.25, 0.3) is 0 Å². The van der Waals surface area contributed by atoms with Crippen LogP contribution in [-0.4, -0.2) is 0 Å². The van der Waals surface area contributed by atoms with Gasteiger partial charge in [0.05, 0.1) is 0 Å². The van der Waals surface area contributed by atoms with E-state index in [1.54, 1.807) is 0 Å². The minimum absolute atomic E-state index is 0.208. The lowest BCUT2D eigenvalue weighted by molar-refractivity contribution is 0.583. The summed E-state index contributed by atoms with van der Waals surface area (Å²) in [6.45, 7) is 8.91. The second kappa shape index (κ2) is 3.26. The van der Waals surface area contributed by atoms with Gasteiger partial charge in [-0.2, -0.15) is 0 Å². The second-order valence-corrected chi connectivity index (χ2v) is 5.82.